The summed E-state index contributed by atoms with van der Waals surface area (Å²) >= 11 is 0. The van der Waals surface area contributed by atoms with Gasteiger partial charge in [-0.15, -0.1) is 0 Å². The van der Waals surface area contributed by atoms with Crippen molar-refractivity contribution in [1.29, 1.82) is 0 Å². The molecule has 0 saturated heterocycles. The average molecular weight is 496 g/mol. The third kappa shape index (κ3) is 8.11. The van der Waals surface area contributed by atoms with E-state index in [-0.39, 0.29) is 17.7 Å². The van der Waals surface area contributed by atoms with Crippen molar-refractivity contribution in [2.75, 3.05) is 11.9 Å². The summed E-state index contributed by atoms with van der Waals surface area (Å²) in [5.74, 6) is -0.861. The van der Waals surface area contributed by atoms with Crippen LogP contribution in [0.2, 0.25) is 0 Å². The van der Waals surface area contributed by atoms with Crippen LogP contribution >= 0.6 is 0 Å². The SMILES string of the molecule is CCCN(C(=O)C(NC(=O)OC(C)(C)C)C(C)C)C(C(=O)Nc1ccccc1C)c1ccc(C)cc1. The number of carbonyl (C=O) groups is 3. The minimum absolute atomic E-state index is 0.220. The van der Waals surface area contributed by atoms with Crippen LogP contribution in [0.5, 0.6) is 0 Å². The minimum Gasteiger partial charge on any atom is -0.444 e. The molecule has 0 aliphatic carbocycles. The normalized spacial score (nSPS) is 13.0. The molecule has 0 aliphatic rings. The van der Waals surface area contributed by atoms with E-state index in [0.717, 1.165) is 11.1 Å². The number of para-hydroxylation sites is 1. The first-order chi connectivity index (χ1) is 16.8. The number of ether oxygens (including phenoxy) is 1. The number of rotatable bonds is 9. The Morgan fingerprint density at radius 2 is 1.58 bits per heavy atom. The molecule has 2 rings (SSSR count). The van der Waals surface area contributed by atoms with Gasteiger partial charge in [-0.1, -0.05) is 68.8 Å². The van der Waals surface area contributed by atoms with Gasteiger partial charge in [0.05, 0.1) is 0 Å². The number of amides is 3. The first-order valence-corrected chi connectivity index (χ1v) is 12.6. The highest BCUT2D eigenvalue weighted by molar-refractivity contribution is 5.99. The van der Waals surface area contributed by atoms with Crippen LogP contribution < -0.4 is 10.6 Å². The second kappa shape index (κ2) is 12.6. The summed E-state index contributed by atoms with van der Waals surface area (Å²) in [6.45, 7) is 15.2. The summed E-state index contributed by atoms with van der Waals surface area (Å²) in [6.07, 6.45) is -0.0227. The van der Waals surface area contributed by atoms with Crippen molar-refractivity contribution in [3.05, 3.63) is 65.2 Å². The Morgan fingerprint density at radius 1 is 0.972 bits per heavy atom. The Bertz CT molecular complexity index is 1040. The summed E-state index contributed by atoms with van der Waals surface area (Å²) < 4.78 is 5.41. The van der Waals surface area contributed by atoms with Gasteiger partial charge in [0.2, 0.25) is 5.91 Å². The molecule has 2 aromatic rings. The third-order valence-electron chi connectivity index (χ3n) is 5.71. The van der Waals surface area contributed by atoms with Crippen LogP contribution in [0.25, 0.3) is 0 Å². The number of hydrogen-bond donors (Lipinski definition) is 2. The molecule has 0 radical (unpaired) electrons. The lowest BCUT2D eigenvalue weighted by atomic mass is 9.98. The molecule has 2 aromatic carbocycles. The van der Waals surface area contributed by atoms with Crippen LogP contribution in [0.1, 0.15) is 70.7 Å². The smallest absolute Gasteiger partial charge is 0.408 e. The number of benzene rings is 2. The van der Waals surface area contributed by atoms with Gasteiger partial charge in [-0.05, 0) is 64.2 Å². The monoisotopic (exact) mass is 495 g/mol. The van der Waals surface area contributed by atoms with E-state index in [1.807, 2.05) is 83.1 Å². The quantitative estimate of drug-likeness (QED) is 0.462. The van der Waals surface area contributed by atoms with E-state index in [1.165, 1.54) is 0 Å². The number of anilines is 1. The predicted octanol–water partition coefficient (Wildman–Crippen LogP) is 5.77. The van der Waals surface area contributed by atoms with Gasteiger partial charge >= 0.3 is 6.09 Å². The molecule has 2 atom stereocenters. The number of hydrogen-bond acceptors (Lipinski definition) is 4. The van der Waals surface area contributed by atoms with Crippen molar-refractivity contribution >= 4 is 23.6 Å². The lowest BCUT2D eigenvalue weighted by Gasteiger charge is -2.35. The van der Waals surface area contributed by atoms with Crippen molar-refractivity contribution in [1.82, 2.24) is 10.2 Å². The number of nitrogens with one attached hydrogen (secondary N) is 2. The zero-order valence-corrected chi connectivity index (χ0v) is 22.8. The fraction of sp³-hybridized carbons (Fsp3) is 0.483. The van der Waals surface area contributed by atoms with Gasteiger partial charge in [0.1, 0.15) is 17.7 Å². The highest BCUT2D eigenvalue weighted by Crippen LogP contribution is 2.27. The molecular formula is C29H41N3O4. The number of alkyl carbamates (subject to hydrolysis) is 1. The standard InChI is InChI=1S/C29H41N3O4/c1-9-18-32(27(34)24(19(2)3)31-28(35)36-29(6,7)8)25(22-16-14-20(4)15-17-22)26(33)30-23-13-11-10-12-21(23)5/h10-17,19,24-25H,9,18H2,1-8H3,(H,30,33)(H,31,35). The largest absolute Gasteiger partial charge is 0.444 e. The fourth-order valence-electron chi connectivity index (χ4n) is 3.87. The molecule has 7 nitrogen and oxygen atoms in total. The lowest BCUT2D eigenvalue weighted by molar-refractivity contribution is -0.141. The summed E-state index contributed by atoms with van der Waals surface area (Å²) in [7, 11) is 0. The maximum Gasteiger partial charge on any atom is 0.408 e. The maximum absolute atomic E-state index is 14.0. The second-order valence-electron chi connectivity index (χ2n) is 10.5. The summed E-state index contributed by atoms with van der Waals surface area (Å²) in [5, 5.41) is 5.75. The summed E-state index contributed by atoms with van der Waals surface area (Å²) in [4.78, 5) is 41.8. The van der Waals surface area contributed by atoms with Crippen LogP contribution in [-0.4, -0.2) is 41.0 Å². The van der Waals surface area contributed by atoms with E-state index in [2.05, 4.69) is 10.6 Å². The highest BCUT2D eigenvalue weighted by Gasteiger charge is 2.37. The van der Waals surface area contributed by atoms with Crippen molar-refractivity contribution in [3.8, 4) is 0 Å². The summed E-state index contributed by atoms with van der Waals surface area (Å²) in [6, 6.07) is 13.4. The highest BCUT2D eigenvalue weighted by atomic mass is 16.6. The van der Waals surface area contributed by atoms with E-state index in [4.69, 9.17) is 4.74 Å². The van der Waals surface area contributed by atoms with Gasteiger partial charge in [0.15, 0.2) is 0 Å². The molecule has 0 spiro atoms. The third-order valence-corrected chi connectivity index (χ3v) is 5.71. The van der Waals surface area contributed by atoms with Crippen molar-refractivity contribution < 1.29 is 19.1 Å². The molecule has 2 unspecified atom stereocenters. The Labute approximate surface area is 215 Å². The van der Waals surface area contributed by atoms with E-state index < -0.39 is 23.8 Å². The van der Waals surface area contributed by atoms with Gasteiger partial charge in [-0.3, -0.25) is 9.59 Å². The molecule has 0 saturated carbocycles. The van der Waals surface area contributed by atoms with E-state index >= 15 is 0 Å². The Kier molecular flexibility index (Phi) is 10.1. The molecule has 0 aliphatic heterocycles. The van der Waals surface area contributed by atoms with Gasteiger partial charge in [-0.25, -0.2) is 4.79 Å². The van der Waals surface area contributed by atoms with E-state index in [1.54, 1.807) is 25.7 Å². The molecule has 3 amide bonds. The molecule has 0 fully saturated rings. The van der Waals surface area contributed by atoms with Crippen LogP contribution in [0.15, 0.2) is 48.5 Å². The van der Waals surface area contributed by atoms with Gasteiger partial charge in [0.25, 0.3) is 5.91 Å². The van der Waals surface area contributed by atoms with Crippen LogP contribution in [0.4, 0.5) is 10.5 Å². The molecule has 0 heterocycles. The molecule has 0 bridgehead atoms. The van der Waals surface area contributed by atoms with Gasteiger partial charge in [0, 0.05) is 12.2 Å². The van der Waals surface area contributed by atoms with Crippen LogP contribution in [-0.2, 0) is 14.3 Å². The van der Waals surface area contributed by atoms with E-state index in [0.29, 0.717) is 24.2 Å². The summed E-state index contributed by atoms with van der Waals surface area (Å²) in [5.41, 5.74) is 2.67. The zero-order chi connectivity index (χ0) is 27.0. The molecule has 196 valence electrons. The molecule has 2 N–H and O–H groups in total. The van der Waals surface area contributed by atoms with Gasteiger partial charge in [-0.2, -0.15) is 0 Å². The second-order valence-corrected chi connectivity index (χ2v) is 10.5. The lowest BCUT2D eigenvalue weighted by Crippen LogP contribution is -2.54. The number of nitrogens with zero attached hydrogens (tertiary/aromatic N) is 1. The molecule has 36 heavy (non-hydrogen) atoms. The minimum atomic E-state index is -0.876. The molecule has 0 aromatic heterocycles. The average Bonchev–Trinajstić information content (AvgIpc) is 2.78. The van der Waals surface area contributed by atoms with Crippen molar-refractivity contribution in [2.45, 2.75) is 79.5 Å². The number of aryl methyl sites for hydroxylation is 2. The zero-order valence-electron chi connectivity index (χ0n) is 22.8. The Balaban J connectivity index is 2.48. The van der Waals surface area contributed by atoms with E-state index in [9.17, 15) is 14.4 Å². The Morgan fingerprint density at radius 3 is 2.11 bits per heavy atom. The molecular weight excluding hydrogens is 454 g/mol. The van der Waals surface area contributed by atoms with Gasteiger partial charge < -0.3 is 20.3 Å². The molecule has 7 heteroatoms. The first kappa shape index (κ1) is 28.9. The van der Waals surface area contributed by atoms with Crippen LogP contribution in [0, 0.1) is 19.8 Å². The maximum atomic E-state index is 14.0. The van der Waals surface area contributed by atoms with Crippen molar-refractivity contribution in [2.24, 2.45) is 5.92 Å². The topological polar surface area (TPSA) is 87.7 Å². The Hall–Kier alpha value is -3.35. The fourth-order valence-corrected chi connectivity index (χ4v) is 3.87. The first-order valence-electron chi connectivity index (χ1n) is 12.6. The van der Waals surface area contributed by atoms with Crippen LogP contribution in [0.3, 0.4) is 0 Å². The van der Waals surface area contributed by atoms with Crippen molar-refractivity contribution in [3.63, 3.8) is 0 Å². The predicted molar refractivity (Wildman–Crippen MR) is 144 cm³/mol. The number of carbonyl (C=O) groups excluding carboxylic acids is 3.